The van der Waals surface area contributed by atoms with Crippen molar-refractivity contribution in [2.45, 2.75) is 6.10 Å². The molecule has 2 aromatic rings. The van der Waals surface area contributed by atoms with Gasteiger partial charge in [-0.2, -0.15) is 11.3 Å². The molecule has 100 valence electrons. The van der Waals surface area contributed by atoms with Crippen molar-refractivity contribution in [1.29, 1.82) is 0 Å². The average molecular weight is 358 g/mol. The molecule has 1 amide bonds. The maximum Gasteiger partial charge on any atom is 0.244 e. The van der Waals surface area contributed by atoms with Gasteiger partial charge in [0.2, 0.25) is 5.91 Å². The fourth-order valence-electron chi connectivity index (χ4n) is 1.41. The Labute approximate surface area is 127 Å². The summed E-state index contributed by atoms with van der Waals surface area (Å²) in [6.45, 7) is 0.216. The van der Waals surface area contributed by atoms with E-state index in [-0.39, 0.29) is 12.5 Å². The molecule has 1 atom stereocenters. The first-order valence-corrected chi connectivity index (χ1v) is 8.12. The second-order valence-electron chi connectivity index (χ2n) is 3.79. The van der Waals surface area contributed by atoms with Crippen LogP contribution in [-0.2, 0) is 4.79 Å². The molecule has 0 saturated carbocycles. The van der Waals surface area contributed by atoms with Crippen molar-refractivity contribution >= 4 is 50.6 Å². The van der Waals surface area contributed by atoms with Crippen LogP contribution in [0.25, 0.3) is 6.08 Å². The smallest absolute Gasteiger partial charge is 0.244 e. The number of carbonyl (C=O) groups excluding carboxylic acids is 1. The van der Waals surface area contributed by atoms with E-state index in [1.54, 1.807) is 17.4 Å². The maximum atomic E-state index is 11.6. The van der Waals surface area contributed by atoms with Gasteiger partial charge in [-0.05, 0) is 56.5 Å². The van der Waals surface area contributed by atoms with Gasteiger partial charge in [-0.15, -0.1) is 11.3 Å². The van der Waals surface area contributed by atoms with Crippen molar-refractivity contribution in [1.82, 2.24) is 5.32 Å². The Morgan fingerprint density at radius 2 is 2.32 bits per heavy atom. The van der Waals surface area contributed by atoms with E-state index in [4.69, 9.17) is 0 Å². The van der Waals surface area contributed by atoms with Crippen LogP contribution < -0.4 is 5.32 Å². The van der Waals surface area contributed by atoms with Crippen LogP contribution in [0.3, 0.4) is 0 Å². The molecule has 0 aliphatic carbocycles. The predicted molar refractivity (Wildman–Crippen MR) is 83.3 cm³/mol. The van der Waals surface area contributed by atoms with E-state index in [1.807, 2.05) is 29.0 Å². The molecule has 2 aromatic heterocycles. The molecular weight excluding hydrogens is 346 g/mol. The molecule has 1 unspecified atom stereocenters. The number of rotatable bonds is 5. The molecule has 0 fully saturated rings. The first kappa shape index (κ1) is 14.5. The first-order valence-electron chi connectivity index (χ1n) is 5.56. The number of hydrogen-bond acceptors (Lipinski definition) is 4. The lowest BCUT2D eigenvalue weighted by atomic mass is 10.2. The number of aliphatic hydroxyl groups is 1. The van der Waals surface area contributed by atoms with Gasteiger partial charge in [-0.3, -0.25) is 4.79 Å². The Kier molecular flexibility index (Phi) is 5.33. The molecule has 0 aliphatic rings. The largest absolute Gasteiger partial charge is 0.387 e. The second kappa shape index (κ2) is 7.00. The lowest BCUT2D eigenvalue weighted by Crippen LogP contribution is -2.26. The topological polar surface area (TPSA) is 49.3 Å². The van der Waals surface area contributed by atoms with Gasteiger partial charge in [0.05, 0.1) is 9.89 Å². The van der Waals surface area contributed by atoms with E-state index in [0.717, 1.165) is 14.2 Å². The quantitative estimate of drug-likeness (QED) is 0.805. The molecule has 0 aliphatic heterocycles. The highest BCUT2D eigenvalue weighted by Crippen LogP contribution is 2.22. The number of halogens is 1. The van der Waals surface area contributed by atoms with E-state index in [1.165, 1.54) is 17.4 Å². The summed E-state index contributed by atoms with van der Waals surface area (Å²) in [5.74, 6) is -0.209. The summed E-state index contributed by atoms with van der Waals surface area (Å²) in [7, 11) is 0. The highest BCUT2D eigenvalue weighted by Gasteiger charge is 2.08. The van der Waals surface area contributed by atoms with E-state index in [9.17, 15) is 9.90 Å². The Bertz CT molecular complexity index is 563. The van der Waals surface area contributed by atoms with Gasteiger partial charge < -0.3 is 10.4 Å². The van der Waals surface area contributed by atoms with Crippen molar-refractivity contribution in [2.75, 3.05) is 6.54 Å². The minimum absolute atomic E-state index is 0.209. The summed E-state index contributed by atoms with van der Waals surface area (Å²) < 4.78 is 1.03. The van der Waals surface area contributed by atoms with Crippen LogP contribution in [0.1, 0.15) is 16.5 Å². The van der Waals surface area contributed by atoms with Crippen LogP contribution in [0, 0.1) is 0 Å². The number of carbonyl (C=O) groups is 1. The first-order chi connectivity index (χ1) is 9.15. The number of aliphatic hydroxyl groups excluding tert-OH is 1. The minimum Gasteiger partial charge on any atom is -0.387 e. The number of amides is 1. The van der Waals surface area contributed by atoms with E-state index >= 15 is 0 Å². The minimum atomic E-state index is -0.653. The normalized spacial score (nSPS) is 12.7. The molecule has 0 spiro atoms. The standard InChI is InChI=1S/C13H12BrNO2S2/c14-12-3-1-10(19-12)2-4-13(17)15-7-11(16)9-5-6-18-8-9/h1-6,8,11,16H,7H2,(H,15,17)/b4-2+. The second-order valence-corrected chi connectivity index (χ2v) is 7.07. The van der Waals surface area contributed by atoms with Crippen molar-refractivity contribution in [3.63, 3.8) is 0 Å². The van der Waals surface area contributed by atoms with Crippen molar-refractivity contribution in [3.8, 4) is 0 Å². The predicted octanol–water partition coefficient (Wildman–Crippen LogP) is 3.44. The SMILES string of the molecule is O=C(/C=C/c1ccc(Br)s1)NCC(O)c1ccsc1. The molecule has 0 bridgehead atoms. The summed E-state index contributed by atoms with van der Waals surface area (Å²) in [6, 6.07) is 5.71. The van der Waals surface area contributed by atoms with Crippen LogP contribution in [-0.4, -0.2) is 17.6 Å². The van der Waals surface area contributed by atoms with Crippen LogP contribution in [0.4, 0.5) is 0 Å². The van der Waals surface area contributed by atoms with Crippen molar-refractivity contribution < 1.29 is 9.90 Å². The van der Waals surface area contributed by atoms with Crippen molar-refractivity contribution in [3.05, 3.63) is 49.3 Å². The molecule has 19 heavy (non-hydrogen) atoms. The van der Waals surface area contributed by atoms with E-state index in [0.29, 0.717) is 0 Å². The summed E-state index contributed by atoms with van der Waals surface area (Å²) in [5, 5.41) is 16.2. The third kappa shape index (κ3) is 4.58. The van der Waals surface area contributed by atoms with Gasteiger partial charge in [-0.25, -0.2) is 0 Å². The van der Waals surface area contributed by atoms with Gasteiger partial charge in [0, 0.05) is 17.5 Å². The number of thiophene rings is 2. The number of nitrogens with one attached hydrogen (secondary N) is 1. The van der Waals surface area contributed by atoms with Gasteiger partial charge in [0.25, 0.3) is 0 Å². The zero-order valence-electron chi connectivity index (χ0n) is 9.88. The lowest BCUT2D eigenvalue weighted by Gasteiger charge is -2.08. The third-order valence-electron chi connectivity index (χ3n) is 2.39. The zero-order chi connectivity index (χ0) is 13.7. The summed E-state index contributed by atoms with van der Waals surface area (Å²) in [6.07, 6.45) is 2.57. The highest BCUT2D eigenvalue weighted by atomic mass is 79.9. The molecule has 0 saturated heterocycles. The van der Waals surface area contributed by atoms with Crippen LogP contribution in [0.2, 0.25) is 0 Å². The van der Waals surface area contributed by atoms with Gasteiger partial charge in [-0.1, -0.05) is 0 Å². The van der Waals surface area contributed by atoms with E-state index in [2.05, 4.69) is 21.2 Å². The Morgan fingerprint density at radius 3 is 2.95 bits per heavy atom. The molecule has 0 radical (unpaired) electrons. The molecule has 2 N–H and O–H groups in total. The van der Waals surface area contributed by atoms with Crippen LogP contribution in [0.15, 0.2) is 38.8 Å². The number of hydrogen-bond donors (Lipinski definition) is 2. The van der Waals surface area contributed by atoms with Crippen LogP contribution >= 0.6 is 38.6 Å². The molecule has 0 aromatic carbocycles. The third-order valence-corrected chi connectivity index (χ3v) is 4.68. The van der Waals surface area contributed by atoms with Crippen molar-refractivity contribution in [2.24, 2.45) is 0 Å². The Morgan fingerprint density at radius 1 is 1.47 bits per heavy atom. The summed E-state index contributed by atoms with van der Waals surface area (Å²) >= 11 is 6.44. The fraction of sp³-hybridized carbons (Fsp3) is 0.154. The Hall–Kier alpha value is -0.950. The molecular formula is C13H12BrNO2S2. The van der Waals surface area contributed by atoms with E-state index < -0.39 is 6.10 Å². The molecule has 2 heterocycles. The van der Waals surface area contributed by atoms with Gasteiger partial charge >= 0.3 is 0 Å². The maximum absolute atomic E-state index is 11.6. The molecule has 6 heteroatoms. The average Bonchev–Trinajstić information content (AvgIpc) is 3.04. The Balaban J connectivity index is 1.80. The van der Waals surface area contributed by atoms with Crippen LogP contribution in [0.5, 0.6) is 0 Å². The fourth-order valence-corrected chi connectivity index (χ4v) is 3.45. The summed E-state index contributed by atoms with van der Waals surface area (Å²) in [4.78, 5) is 12.6. The lowest BCUT2D eigenvalue weighted by molar-refractivity contribution is -0.116. The summed E-state index contributed by atoms with van der Waals surface area (Å²) in [5.41, 5.74) is 0.830. The molecule has 2 rings (SSSR count). The monoisotopic (exact) mass is 357 g/mol. The zero-order valence-corrected chi connectivity index (χ0v) is 13.1. The van der Waals surface area contributed by atoms with Gasteiger partial charge in [0.1, 0.15) is 0 Å². The highest BCUT2D eigenvalue weighted by molar-refractivity contribution is 9.11. The molecule has 3 nitrogen and oxygen atoms in total. The van der Waals surface area contributed by atoms with Gasteiger partial charge in [0.15, 0.2) is 0 Å².